The van der Waals surface area contributed by atoms with Gasteiger partial charge in [0.25, 0.3) is 5.91 Å². The maximum absolute atomic E-state index is 14.7. The Bertz CT molecular complexity index is 1950. The Labute approximate surface area is 328 Å². The Hall–Kier alpha value is -3.91. The highest BCUT2D eigenvalue weighted by Crippen LogP contribution is 2.42. The number of carbonyl (C=O) groups is 4. The van der Waals surface area contributed by atoms with E-state index in [1.165, 1.54) is 11.9 Å². The number of likely N-dealkylation sites (N-methyl/N-ethyl adjacent to an activating group) is 1. The number of nitrogens with zero attached hydrogens (tertiary/aromatic N) is 2. The SMILES string of the molecule is CCC1(C(=O)NS(=O)(=O)C2(C)CC2)CC=CCCCCCC(NC(=O)OC2CCC2)C(=O)N(C)C(CC2CCc3c(c(C)nc4ccc(Cl)cc34)O2)C(=O)N1. The van der Waals surface area contributed by atoms with E-state index >= 15 is 0 Å². The van der Waals surface area contributed by atoms with Crippen LogP contribution in [-0.4, -0.2) is 83.7 Å². The number of rotatable bonds is 8. The van der Waals surface area contributed by atoms with Crippen molar-refractivity contribution in [3.05, 3.63) is 46.6 Å². The summed E-state index contributed by atoms with van der Waals surface area (Å²) in [7, 11) is -2.51. The monoisotopic (exact) mass is 799 g/mol. The number of alkyl carbamates (subject to hydrolysis) is 1. The molecule has 3 N–H and O–H groups in total. The second-order valence-electron chi connectivity index (χ2n) is 15.9. The predicted molar refractivity (Wildman–Crippen MR) is 209 cm³/mol. The number of amides is 4. The summed E-state index contributed by atoms with van der Waals surface area (Å²) in [6, 6.07) is 3.39. The molecule has 55 heavy (non-hydrogen) atoms. The van der Waals surface area contributed by atoms with Crippen LogP contribution in [0.2, 0.25) is 5.02 Å². The molecule has 3 heterocycles. The van der Waals surface area contributed by atoms with Crippen molar-refractivity contribution < 1.29 is 37.1 Å². The van der Waals surface area contributed by atoms with Gasteiger partial charge in [-0.15, -0.1) is 0 Å². The maximum Gasteiger partial charge on any atom is 0.408 e. The second kappa shape index (κ2) is 16.7. The molecule has 4 amide bonds. The van der Waals surface area contributed by atoms with Gasteiger partial charge in [0.2, 0.25) is 21.8 Å². The van der Waals surface area contributed by atoms with Crippen LogP contribution in [0.25, 0.3) is 10.9 Å². The average molecular weight is 800 g/mol. The molecule has 0 saturated heterocycles. The highest BCUT2D eigenvalue weighted by Gasteiger charge is 2.53. The number of aryl methyl sites for hydroxylation is 2. The van der Waals surface area contributed by atoms with Crippen molar-refractivity contribution in [1.82, 2.24) is 25.2 Å². The number of sulfonamides is 1. The molecule has 6 rings (SSSR count). The molecule has 4 atom stereocenters. The van der Waals surface area contributed by atoms with Gasteiger partial charge in [0.05, 0.1) is 16.0 Å². The molecule has 300 valence electrons. The van der Waals surface area contributed by atoms with E-state index in [4.69, 9.17) is 26.1 Å². The van der Waals surface area contributed by atoms with E-state index in [1.807, 2.05) is 31.2 Å². The van der Waals surface area contributed by atoms with Crippen LogP contribution in [0.15, 0.2) is 30.4 Å². The lowest BCUT2D eigenvalue weighted by atomic mass is 9.89. The number of aromatic nitrogens is 1. The zero-order valence-electron chi connectivity index (χ0n) is 32.2. The zero-order chi connectivity index (χ0) is 39.5. The summed E-state index contributed by atoms with van der Waals surface area (Å²) in [5, 5.41) is 7.18. The number of nitrogens with one attached hydrogen (secondary N) is 3. The van der Waals surface area contributed by atoms with Crippen molar-refractivity contribution in [3.8, 4) is 5.75 Å². The van der Waals surface area contributed by atoms with Gasteiger partial charge in [-0.05, 0) is 109 Å². The Balaban J connectivity index is 1.33. The number of pyridine rings is 1. The molecule has 2 aliphatic carbocycles. The molecule has 0 bridgehead atoms. The third kappa shape index (κ3) is 9.06. The summed E-state index contributed by atoms with van der Waals surface area (Å²) in [6.07, 6.45) is 10.3. The number of carbonyl (C=O) groups excluding carboxylic acids is 4. The smallest absolute Gasteiger partial charge is 0.408 e. The molecule has 2 fully saturated rings. The Kier molecular flexibility index (Phi) is 12.4. The van der Waals surface area contributed by atoms with Crippen LogP contribution in [0.1, 0.15) is 115 Å². The lowest BCUT2D eigenvalue weighted by molar-refractivity contribution is -0.143. The normalized spacial score (nSPS) is 26.3. The molecular weight excluding hydrogens is 746 g/mol. The first-order chi connectivity index (χ1) is 26.1. The van der Waals surface area contributed by atoms with E-state index < -0.39 is 62.3 Å². The Morgan fingerprint density at radius 2 is 1.85 bits per heavy atom. The largest absolute Gasteiger partial charge is 0.488 e. The van der Waals surface area contributed by atoms with Gasteiger partial charge in [-0.25, -0.2) is 18.2 Å². The number of ether oxygens (including phenoxy) is 2. The molecule has 1 aromatic heterocycles. The van der Waals surface area contributed by atoms with Crippen LogP contribution in [0, 0.1) is 6.92 Å². The zero-order valence-corrected chi connectivity index (χ0v) is 33.8. The van der Waals surface area contributed by atoms with Gasteiger partial charge in [-0.2, -0.15) is 0 Å². The van der Waals surface area contributed by atoms with Gasteiger partial charge < -0.3 is 25.0 Å². The number of fused-ring (bicyclic) bond motifs is 3. The molecule has 2 aliphatic heterocycles. The summed E-state index contributed by atoms with van der Waals surface area (Å²) < 4.78 is 39.9. The third-order valence-electron chi connectivity index (χ3n) is 11.9. The fourth-order valence-corrected chi connectivity index (χ4v) is 9.07. The summed E-state index contributed by atoms with van der Waals surface area (Å²) in [5.41, 5.74) is 0.797. The van der Waals surface area contributed by atoms with Crippen LogP contribution in [-0.2, 0) is 35.6 Å². The van der Waals surface area contributed by atoms with Crippen molar-refractivity contribution in [3.63, 3.8) is 0 Å². The van der Waals surface area contributed by atoms with E-state index in [2.05, 4.69) is 15.4 Å². The highest BCUT2D eigenvalue weighted by molar-refractivity contribution is 7.91. The van der Waals surface area contributed by atoms with E-state index in [1.54, 1.807) is 19.9 Å². The van der Waals surface area contributed by atoms with E-state index in [0.717, 1.165) is 48.6 Å². The first-order valence-corrected chi connectivity index (χ1v) is 21.5. The fourth-order valence-electron chi connectivity index (χ4n) is 7.57. The number of allylic oxidation sites excluding steroid dienone is 1. The second-order valence-corrected chi connectivity index (χ2v) is 18.6. The summed E-state index contributed by atoms with van der Waals surface area (Å²) >= 11 is 6.35. The minimum Gasteiger partial charge on any atom is -0.488 e. The van der Waals surface area contributed by atoms with Crippen LogP contribution in [0.4, 0.5) is 4.79 Å². The van der Waals surface area contributed by atoms with Crippen molar-refractivity contribution in [1.29, 1.82) is 0 Å². The highest BCUT2D eigenvalue weighted by atomic mass is 35.5. The van der Waals surface area contributed by atoms with Gasteiger partial charge in [-0.1, -0.05) is 43.5 Å². The molecule has 2 aromatic rings. The van der Waals surface area contributed by atoms with Gasteiger partial charge in [0.1, 0.15) is 35.6 Å². The first kappa shape index (κ1) is 40.7. The molecule has 0 radical (unpaired) electrons. The predicted octanol–water partition coefficient (Wildman–Crippen LogP) is 5.93. The van der Waals surface area contributed by atoms with Crippen molar-refractivity contribution >= 4 is 56.3 Å². The fraction of sp³-hybridized carbons (Fsp3) is 0.625. The van der Waals surface area contributed by atoms with Crippen molar-refractivity contribution in [2.45, 2.75) is 152 Å². The number of hydrogen-bond donors (Lipinski definition) is 3. The van der Waals surface area contributed by atoms with Gasteiger partial charge in [-0.3, -0.25) is 19.1 Å². The van der Waals surface area contributed by atoms with Crippen LogP contribution in [0.3, 0.4) is 0 Å². The average Bonchev–Trinajstić information content (AvgIpc) is 3.90. The van der Waals surface area contributed by atoms with Gasteiger partial charge in [0, 0.05) is 29.4 Å². The molecule has 2 saturated carbocycles. The standard InChI is InChI=1S/C40H54ClN5O8S/c1-5-40(37(49)45-55(51,52)39(3)21-22-39)20-11-9-7-6-8-10-15-32(43-38(50)54-27-13-12-14-27)36(48)46(4)33(35(47)44-40)24-28-17-18-29-30-23-26(41)16-19-31(30)42-25(2)34(29)53-28/h9,11,16,19,23,27-28,32-33H,5-8,10,12-15,17-18,20-22,24H2,1-4H3,(H,43,50)(H,44,47)(H,45,49). The van der Waals surface area contributed by atoms with Gasteiger partial charge in [0.15, 0.2) is 0 Å². The third-order valence-corrected chi connectivity index (χ3v) is 14.3. The number of hydrogen-bond acceptors (Lipinski definition) is 9. The van der Waals surface area contributed by atoms with E-state index in [0.29, 0.717) is 61.4 Å². The van der Waals surface area contributed by atoms with E-state index in [-0.39, 0.29) is 25.4 Å². The molecule has 13 nitrogen and oxygen atoms in total. The topological polar surface area (TPSA) is 173 Å². The summed E-state index contributed by atoms with van der Waals surface area (Å²) in [4.78, 5) is 62.3. The van der Waals surface area contributed by atoms with Crippen LogP contribution >= 0.6 is 11.6 Å². The summed E-state index contributed by atoms with van der Waals surface area (Å²) in [5.74, 6) is -1.35. The number of benzene rings is 1. The first-order valence-electron chi connectivity index (χ1n) is 19.7. The van der Waals surface area contributed by atoms with E-state index in [9.17, 15) is 27.6 Å². The molecule has 4 unspecified atom stereocenters. The molecule has 15 heteroatoms. The molecule has 4 aliphatic rings. The van der Waals surface area contributed by atoms with Crippen molar-refractivity contribution in [2.24, 2.45) is 0 Å². The minimum absolute atomic E-state index is 0.0443. The Morgan fingerprint density at radius 1 is 1.09 bits per heavy atom. The lowest BCUT2D eigenvalue weighted by Gasteiger charge is -2.38. The van der Waals surface area contributed by atoms with Crippen LogP contribution in [0.5, 0.6) is 5.75 Å². The molecule has 1 aromatic carbocycles. The molecular formula is C40H54ClN5O8S. The van der Waals surface area contributed by atoms with Crippen molar-refractivity contribution in [2.75, 3.05) is 7.05 Å². The van der Waals surface area contributed by atoms with Gasteiger partial charge >= 0.3 is 6.09 Å². The number of halogens is 1. The lowest BCUT2D eigenvalue weighted by Crippen LogP contribution is -2.64. The van der Waals surface area contributed by atoms with Crippen LogP contribution < -0.4 is 20.1 Å². The maximum atomic E-state index is 14.7. The minimum atomic E-state index is -4.02. The summed E-state index contributed by atoms with van der Waals surface area (Å²) in [6.45, 7) is 5.17. The Morgan fingerprint density at radius 3 is 2.55 bits per heavy atom. The molecule has 0 spiro atoms. The quantitative estimate of drug-likeness (QED) is 0.274.